The summed E-state index contributed by atoms with van der Waals surface area (Å²) in [6.45, 7) is 14.4. The molecule has 0 fully saturated rings. The Morgan fingerprint density at radius 3 is 2.50 bits per heavy atom. The molecule has 0 aromatic heterocycles. The zero-order valence-electron chi connectivity index (χ0n) is 25.0. The molecule has 4 rings (SSSR count). The zero-order chi connectivity index (χ0) is 28.8. The number of nitrogens with two attached hydrogens (primary N) is 1. The maximum Gasteiger partial charge on any atom is 0.220 e. The van der Waals surface area contributed by atoms with Crippen LogP contribution in [0, 0.1) is 0 Å². The summed E-state index contributed by atoms with van der Waals surface area (Å²) in [4.78, 5) is 14.4. The summed E-state index contributed by atoms with van der Waals surface area (Å²) < 4.78 is 2.43. The molecule has 3 N–H and O–H groups in total. The molecular weight excluding hydrogens is 492 g/mol. The van der Waals surface area contributed by atoms with Crippen LogP contribution in [0.5, 0.6) is 0 Å². The van der Waals surface area contributed by atoms with Crippen molar-refractivity contribution in [2.45, 2.75) is 71.3 Å². The van der Waals surface area contributed by atoms with Crippen molar-refractivity contribution in [3.8, 4) is 0 Å². The first-order valence-electron chi connectivity index (χ1n) is 14.9. The minimum Gasteiger partial charge on any atom is -0.362 e. The molecule has 40 heavy (non-hydrogen) atoms. The lowest BCUT2D eigenvalue weighted by Gasteiger charge is -2.35. The van der Waals surface area contributed by atoms with E-state index in [0.717, 1.165) is 32.4 Å². The van der Waals surface area contributed by atoms with Gasteiger partial charge in [0.05, 0.1) is 11.0 Å². The van der Waals surface area contributed by atoms with Crippen LogP contribution in [0.15, 0.2) is 78.9 Å². The molecule has 0 atom stereocenters. The van der Waals surface area contributed by atoms with Gasteiger partial charge in [-0.1, -0.05) is 67.1 Å². The second-order valence-electron chi connectivity index (χ2n) is 11.8. The molecule has 5 heteroatoms. The molecule has 0 spiro atoms. The van der Waals surface area contributed by atoms with E-state index in [9.17, 15) is 4.79 Å². The second-order valence-corrected chi connectivity index (χ2v) is 11.8. The van der Waals surface area contributed by atoms with Gasteiger partial charge in [0.1, 0.15) is 6.54 Å². The third kappa shape index (κ3) is 6.00. The van der Waals surface area contributed by atoms with E-state index in [1.54, 1.807) is 0 Å². The largest absolute Gasteiger partial charge is 0.362 e. The van der Waals surface area contributed by atoms with Crippen LogP contribution in [0.1, 0.15) is 71.4 Å². The fraction of sp³-hybridized carbons (Fsp3) is 0.429. The van der Waals surface area contributed by atoms with Crippen LogP contribution < -0.4 is 16.0 Å². The van der Waals surface area contributed by atoms with Crippen molar-refractivity contribution in [2.24, 2.45) is 5.73 Å². The van der Waals surface area contributed by atoms with Gasteiger partial charge < -0.3 is 16.0 Å². The van der Waals surface area contributed by atoms with Crippen LogP contribution in [0.25, 0.3) is 5.57 Å². The van der Waals surface area contributed by atoms with Crippen LogP contribution in [-0.2, 0) is 10.2 Å². The quantitative estimate of drug-likeness (QED) is 0.184. The molecule has 0 saturated carbocycles. The van der Waals surface area contributed by atoms with Crippen LogP contribution in [0.3, 0.4) is 0 Å². The number of unbranched alkanes of at least 4 members (excludes halogenated alkanes) is 2. The first-order valence-corrected chi connectivity index (χ1v) is 14.9. The Morgan fingerprint density at radius 1 is 0.975 bits per heavy atom. The minimum absolute atomic E-state index is 0.0173. The Labute approximate surface area is 241 Å². The second kappa shape index (κ2) is 12.8. The molecular formula is C35H47N4O+. The lowest BCUT2D eigenvalue weighted by Crippen LogP contribution is -2.41. The van der Waals surface area contributed by atoms with Crippen molar-refractivity contribution in [3.05, 3.63) is 90.0 Å². The molecule has 1 amide bonds. The van der Waals surface area contributed by atoms with E-state index < -0.39 is 0 Å². The number of nitrogens with zero attached hydrogens (tertiary/aromatic N) is 2. The summed E-state index contributed by atoms with van der Waals surface area (Å²) >= 11 is 0. The van der Waals surface area contributed by atoms with Gasteiger partial charge in [0.2, 0.25) is 11.6 Å². The van der Waals surface area contributed by atoms with Crippen LogP contribution >= 0.6 is 0 Å². The lowest BCUT2D eigenvalue weighted by atomic mass is 9.81. The van der Waals surface area contributed by atoms with Gasteiger partial charge in [0.15, 0.2) is 5.71 Å². The summed E-state index contributed by atoms with van der Waals surface area (Å²) in [5.41, 5.74) is 13.3. The Bertz CT molecular complexity index is 1330. The summed E-state index contributed by atoms with van der Waals surface area (Å²) in [6, 6.07) is 17.5. The topological polar surface area (TPSA) is 61.4 Å². The van der Waals surface area contributed by atoms with E-state index in [-0.39, 0.29) is 16.9 Å². The number of fused-ring (bicyclic) bond motifs is 2. The van der Waals surface area contributed by atoms with Gasteiger partial charge in [0, 0.05) is 55.0 Å². The van der Waals surface area contributed by atoms with Gasteiger partial charge in [-0.25, -0.2) is 0 Å². The van der Waals surface area contributed by atoms with Crippen LogP contribution in [-0.4, -0.2) is 47.9 Å². The highest BCUT2D eigenvalue weighted by Crippen LogP contribution is 2.47. The molecule has 0 unspecified atom stereocenters. The average molecular weight is 540 g/mol. The smallest absolute Gasteiger partial charge is 0.220 e. The van der Waals surface area contributed by atoms with E-state index >= 15 is 0 Å². The van der Waals surface area contributed by atoms with Crippen LogP contribution in [0.2, 0.25) is 0 Å². The maximum absolute atomic E-state index is 11.9. The van der Waals surface area contributed by atoms with Crippen molar-refractivity contribution in [1.29, 1.82) is 0 Å². The van der Waals surface area contributed by atoms with Crippen molar-refractivity contribution >= 4 is 28.6 Å². The van der Waals surface area contributed by atoms with Gasteiger partial charge in [-0.05, 0) is 59.1 Å². The van der Waals surface area contributed by atoms with Crippen molar-refractivity contribution in [1.82, 2.24) is 5.32 Å². The van der Waals surface area contributed by atoms with Gasteiger partial charge >= 0.3 is 0 Å². The molecule has 5 nitrogen and oxygen atoms in total. The number of amides is 1. The third-order valence-electron chi connectivity index (χ3n) is 8.43. The number of para-hydroxylation sites is 2. The highest BCUT2D eigenvalue weighted by molar-refractivity contribution is 6.03. The van der Waals surface area contributed by atoms with Crippen LogP contribution in [0.4, 0.5) is 11.4 Å². The predicted octanol–water partition coefficient (Wildman–Crippen LogP) is 6.51. The fourth-order valence-electron chi connectivity index (χ4n) is 6.28. The van der Waals surface area contributed by atoms with E-state index in [2.05, 4.69) is 128 Å². The van der Waals surface area contributed by atoms with E-state index in [1.807, 2.05) is 0 Å². The maximum atomic E-state index is 11.9. The van der Waals surface area contributed by atoms with Gasteiger partial charge in [-0.15, -0.1) is 0 Å². The normalized spacial score (nSPS) is 18.2. The molecule has 0 bridgehead atoms. The monoisotopic (exact) mass is 539 g/mol. The number of carbonyl (C=O) groups is 1. The number of anilines is 1. The molecule has 0 saturated heterocycles. The lowest BCUT2D eigenvalue weighted by molar-refractivity contribution is -0.433. The molecule has 0 radical (unpaired) electrons. The number of hydrogen-bond acceptors (Lipinski definition) is 3. The van der Waals surface area contributed by atoms with E-state index in [1.165, 1.54) is 33.8 Å². The standard InChI is InChI=1S/C35H46N4O/c1-6-38-31-21-15-13-19-29(31)34(2,3)32(38)22-10-7-9-18-28-27-17-12-14-20-30(27)39(35(28,4)5)26-16-8-11-23-33(40)37-25-24-36/h7,9-10,12-15,17-22H,6,8,11,16,23-26,36H2,1-5H3/p+1. The van der Waals surface area contributed by atoms with Gasteiger partial charge in [-0.2, -0.15) is 4.58 Å². The van der Waals surface area contributed by atoms with E-state index in [4.69, 9.17) is 5.73 Å². The van der Waals surface area contributed by atoms with Crippen molar-refractivity contribution < 1.29 is 9.37 Å². The molecule has 2 heterocycles. The average Bonchev–Trinajstić information content (AvgIpc) is 3.29. The molecule has 2 aromatic rings. The number of allylic oxidation sites excluding steroid dienone is 5. The number of nitrogens with one attached hydrogen (secondary N) is 1. The van der Waals surface area contributed by atoms with Crippen molar-refractivity contribution in [2.75, 3.05) is 31.1 Å². The Kier molecular flexibility index (Phi) is 9.47. The van der Waals surface area contributed by atoms with Crippen molar-refractivity contribution in [3.63, 3.8) is 0 Å². The Hall–Kier alpha value is -3.44. The highest BCUT2D eigenvalue weighted by Gasteiger charge is 2.43. The Morgan fingerprint density at radius 2 is 1.73 bits per heavy atom. The predicted molar refractivity (Wildman–Crippen MR) is 170 cm³/mol. The number of carbonyl (C=O) groups excluding carboxylic acids is 1. The minimum atomic E-state index is -0.112. The van der Waals surface area contributed by atoms with Gasteiger partial charge in [0.25, 0.3) is 0 Å². The summed E-state index contributed by atoms with van der Waals surface area (Å²) in [7, 11) is 0. The van der Waals surface area contributed by atoms with E-state index in [0.29, 0.717) is 19.5 Å². The summed E-state index contributed by atoms with van der Waals surface area (Å²) in [5, 5.41) is 2.86. The summed E-state index contributed by atoms with van der Waals surface area (Å²) in [5.74, 6) is 0.102. The molecule has 0 aliphatic carbocycles. The summed E-state index contributed by atoms with van der Waals surface area (Å²) in [6.07, 6.45) is 14.6. The molecule has 2 aliphatic rings. The zero-order valence-corrected chi connectivity index (χ0v) is 25.0. The first-order chi connectivity index (χ1) is 19.2. The molecule has 2 aromatic carbocycles. The first kappa shape index (κ1) is 29.5. The Balaban J connectivity index is 1.44. The highest BCUT2D eigenvalue weighted by atomic mass is 16.1. The molecule has 2 aliphatic heterocycles. The van der Waals surface area contributed by atoms with Gasteiger partial charge in [-0.3, -0.25) is 4.79 Å². The number of rotatable bonds is 12. The molecule has 212 valence electrons. The SMILES string of the molecule is CC[N+]1=C(/C=C/C=C/C=C2/c3ccccc3N(CCCCCC(=O)NCCN)C2(C)C)C(C)(C)c2ccccc21. The fourth-order valence-corrected chi connectivity index (χ4v) is 6.28. The number of hydrogen-bond donors (Lipinski definition) is 2. The third-order valence-corrected chi connectivity index (χ3v) is 8.43. The number of benzene rings is 2.